The van der Waals surface area contributed by atoms with E-state index in [4.69, 9.17) is 15.2 Å². The molecule has 1 aliphatic rings. The van der Waals surface area contributed by atoms with E-state index in [2.05, 4.69) is 4.98 Å². The molecule has 136 valence electrons. The standard InChI is InChI=1S/C18H16F2N2O3S/c1-24-12-4-2-10(3-5-12)18-22-11(9-26-18)8-25-14-7-6-13(19)15(16(14)20)17(21)23/h2-4,6-7,9,12H,5,8H2,1H3,(H2,21,23). The van der Waals surface area contributed by atoms with Crippen molar-refractivity contribution in [1.29, 1.82) is 0 Å². The Morgan fingerprint density at radius 1 is 1.42 bits per heavy atom. The molecule has 1 atom stereocenters. The van der Waals surface area contributed by atoms with Crippen LogP contribution in [0.15, 0.2) is 35.7 Å². The summed E-state index contributed by atoms with van der Waals surface area (Å²) >= 11 is 1.44. The molecule has 1 unspecified atom stereocenters. The molecule has 0 saturated carbocycles. The van der Waals surface area contributed by atoms with Gasteiger partial charge in [0.15, 0.2) is 11.6 Å². The predicted molar refractivity (Wildman–Crippen MR) is 93.9 cm³/mol. The van der Waals surface area contributed by atoms with Gasteiger partial charge in [0, 0.05) is 18.1 Å². The van der Waals surface area contributed by atoms with Crippen LogP contribution >= 0.6 is 11.3 Å². The lowest BCUT2D eigenvalue weighted by atomic mass is 10.1. The van der Waals surface area contributed by atoms with Crippen LogP contribution in [0.4, 0.5) is 8.78 Å². The number of amides is 1. The van der Waals surface area contributed by atoms with Crippen LogP contribution < -0.4 is 10.5 Å². The Balaban J connectivity index is 1.70. The van der Waals surface area contributed by atoms with Gasteiger partial charge < -0.3 is 15.2 Å². The van der Waals surface area contributed by atoms with Crippen molar-refractivity contribution in [1.82, 2.24) is 4.98 Å². The summed E-state index contributed by atoms with van der Waals surface area (Å²) in [5.74, 6) is -3.58. The lowest BCUT2D eigenvalue weighted by molar-refractivity contribution is 0.0991. The van der Waals surface area contributed by atoms with E-state index in [0.717, 1.165) is 29.1 Å². The van der Waals surface area contributed by atoms with Crippen LogP contribution in [0.3, 0.4) is 0 Å². The second kappa shape index (κ2) is 7.76. The van der Waals surface area contributed by atoms with Crippen molar-refractivity contribution >= 4 is 22.8 Å². The van der Waals surface area contributed by atoms with E-state index in [-0.39, 0.29) is 18.5 Å². The molecular weight excluding hydrogens is 362 g/mol. The third-order valence-electron chi connectivity index (χ3n) is 3.84. The molecule has 0 saturated heterocycles. The highest BCUT2D eigenvalue weighted by molar-refractivity contribution is 7.10. The summed E-state index contributed by atoms with van der Waals surface area (Å²) in [6.45, 7) is -0.0189. The van der Waals surface area contributed by atoms with Crippen LogP contribution in [0.2, 0.25) is 0 Å². The average Bonchev–Trinajstić information content (AvgIpc) is 3.10. The Morgan fingerprint density at radius 2 is 2.23 bits per heavy atom. The number of ether oxygens (including phenoxy) is 2. The number of nitrogens with two attached hydrogens (primary N) is 1. The number of carbonyl (C=O) groups is 1. The zero-order valence-corrected chi connectivity index (χ0v) is 14.7. The van der Waals surface area contributed by atoms with Gasteiger partial charge in [-0.3, -0.25) is 4.79 Å². The molecular formula is C18H16F2N2O3S. The fourth-order valence-electron chi connectivity index (χ4n) is 2.46. The van der Waals surface area contributed by atoms with Crippen molar-refractivity contribution < 1.29 is 23.0 Å². The summed E-state index contributed by atoms with van der Waals surface area (Å²) in [4.78, 5) is 15.6. The van der Waals surface area contributed by atoms with Crippen LogP contribution in [-0.2, 0) is 11.3 Å². The van der Waals surface area contributed by atoms with Gasteiger partial charge in [0.1, 0.15) is 23.0 Å². The van der Waals surface area contributed by atoms with Gasteiger partial charge in [0.25, 0.3) is 5.91 Å². The third-order valence-corrected chi connectivity index (χ3v) is 4.78. The molecule has 8 heteroatoms. The van der Waals surface area contributed by atoms with Crippen molar-refractivity contribution in [2.24, 2.45) is 5.73 Å². The number of benzene rings is 1. The number of hydrogen-bond acceptors (Lipinski definition) is 5. The number of halogens is 2. The molecule has 1 aromatic heterocycles. The van der Waals surface area contributed by atoms with Gasteiger partial charge in [-0.25, -0.2) is 13.8 Å². The molecule has 2 aromatic rings. The first-order valence-corrected chi connectivity index (χ1v) is 8.64. The number of rotatable bonds is 6. The number of methoxy groups -OCH3 is 1. The Labute approximate surface area is 152 Å². The molecule has 1 amide bonds. The van der Waals surface area contributed by atoms with Gasteiger partial charge >= 0.3 is 0 Å². The first-order valence-electron chi connectivity index (χ1n) is 7.76. The normalized spacial score (nSPS) is 16.4. The van der Waals surface area contributed by atoms with Gasteiger partial charge in [-0.05, 0) is 18.6 Å². The Kier molecular flexibility index (Phi) is 5.43. The number of primary amides is 1. The Bertz CT molecular complexity index is 893. The topological polar surface area (TPSA) is 74.4 Å². The zero-order chi connectivity index (χ0) is 18.7. The molecule has 1 aliphatic carbocycles. The monoisotopic (exact) mass is 378 g/mol. The van der Waals surface area contributed by atoms with E-state index in [9.17, 15) is 13.6 Å². The van der Waals surface area contributed by atoms with E-state index < -0.39 is 23.1 Å². The van der Waals surface area contributed by atoms with Gasteiger partial charge in [-0.1, -0.05) is 18.2 Å². The zero-order valence-electron chi connectivity index (χ0n) is 13.9. The fourth-order valence-corrected chi connectivity index (χ4v) is 3.29. The summed E-state index contributed by atoms with van der Waals surface area (Å²) in [6, 6.07) is 2.05. The van der Waals surface area contributed by atoms with Gasteiger partial charge in [-0.2, -0.15) is 0 Å². The van der Waals surface area contributed by atoms with Crippen LogP contribution in [0.5, 0.6) is 5.75 Å². The van der Waals surface area contributed by atoms with Crippen molar-refractivity contribution in [3.63, 3.8) is 0 Å². The van der Waals surface area contributed by atoms with Crippen LogP contribution in [-0.4, -0.2) is 24.1 Å². The van der Waals surface area contributed by atoms with E-state index in [1.165, 1.54) is 11.3 Å². The van der Waals surface area contributed by atoms with E-state index >= 15 is 0 Å². The highest BCUT2D eigenvalue weighted by atomic mass is 32.1. The first-order chi connectivity index (χ1) is 12.5. The lowest BCUT2D eigenvalue weighted by Crippen LogP contribution is -2.16. The summed E-state index contributed by atoms with van der Waals surface area (Å²) in [5.41, 5.74) is 5.76. The SMILES string of the molecule is COC1C=CC(c2nc(COc3ccc(F)c(C(N)=O)c3F)cs2)=CC1. The smallest absolute Gasteiger partial charge is 0.254 e. The number of thiazole rings is 1. The predicted octanol–water partition coefficient (Wildman–Crippen LogP) is 3.46. The molecule has 5 nitrogen and oxygen atoms in total. The Hall–Kier alpha value is -2.58. The highest BCUT2D eigenvalue weighted by Gasteiger charge is 2.19. The number of aromatic nitrogens is 1. The third kappa shape index (κ3) is 3.81. The van der Waals surface area contributed by atoms with Crippen molar-refractivity contribution in [2.45, 2.75) is 19.1 Å². The molecule has 0 aliphatic heterocycles. The molecule has 0 radical (unpaired) electrons. The summed E-state index contributed by atoms with van der Waals surface area (Å²) in [5, 5.41) is 2.61. The number of allylic oxidation sites excluding steroid dienone is 2. The largest absolute Gasteiger partial charge is 0.484 e. The minimum absolute atomic E-state index is 0.0189. The molecule has 26 heavy (non-hydrogen) atoms. The fraction of sp³-hybridized carbons (Fsp3) is 0.222. The van der Waals surface area contributed by atoms with Crippen LogP contribution in [0, 0.1) is 11.6 Å². The second-order valence-electron chi connectivity index (χ2n) is 5.56. The number of hydrogen-bond donors (Lipinski definition) is 1. The van der Waals surface area contributed by atoms with Crippen LogP contribution in [0.25, 0.3) is 5.57 Å². The van der Waals surface area contributed by atoms with Crippen LogP contribution in [0.1, 0.15) is 27.5 Å². The first kappa shape index (κ1) is 18.2. The summed E-state index contributed by atoms with van der Waals surface area (Å²) in [6.07, 6.45) is 6.79. The van der Waals surface area contributed by atoms with Gasteiger partial charge in [0.2, 0.25) is 0 Å². The van der Waals surface area contributed by atoms with Gasteiger partial charge in [-0.15, -0.1) is 11.3 Å². The highest BCUT2D eigenvalue weighted by Crippen LogP contribution is 2.27. The number of carbonyl (C=O) groups excluding carboxylic acids is 1. The maximum atomic E-state index is 14.1. The molecule has 0 bridgehead atoms. The van der Waals surface area contributed by atoms with Gasteiger partial charge in [0.05, 0.1) is 11.8 Å². The molecule has 2 N–H and O–H groups in total. The van der Waals surface area contributed by atoms with E-state index in [1.807, 2.05) is 18.2 Å². The molecule has 1 heterocycles. The maximum absolute atomic E-state index is 14.1. The molecule has 0 fully saturated rings. The lowest BCUT2D eigenvalue weighted by Gasteiger charge is -2.13. The number of nitrogens with zero attached hydrogens (tertiary/aromatic N) is 1. The minimum atomic E-state index is -1.19. The summed E-state index contributed by atoms with van der Waals surface area (Å²) < 4.78 is 38.2. The minimum Gasteiger partial charge on any atom is -0.484 e. The van der Waals surface area contributed by atoms with E-state index in [0.29, 0.717) is 5.69 Å². The molecule has 3 rings (SSSR count). The molecule has 1 aromatic carbocycles. The van der Waals surface area contributed by atoms with Crippen molar-refractivity contribution in [3.05, 3.63) is 63.6 Å². The average molecular weight is 378 g/mol. The second-order valence-corrected chi connectivity index (χ2v) is 6.42. The van der Waals surface area contributed by atoms with E-state index in [1.54, 1.807) is 12.5 Å². The maximum Gasteiger partial charge on any atom is 0.254 e. The Morgan fingerprint density at radius 3 is 2.88 bits per heavy atom. The van der Waals surface area contributed by atoms with Crippen molar-refractivity contribution in [2.75, 3.05) is 7.11 Å². The summed E-state index contributed by atoms with van der Waals surface area (Å²) in [7, 11) is 1.66. The van der Waals surface area contributed by atoms with Crippen molar-refractivity contribution in [3.8, 4) is 5.75 Å². The quantitative estimate of drug-likeness (QED) is 0.835. The molecule has 0 spiro atoms.